The monoisotopic (exact) mass is 465 g/mol. The fraction of sp³-hybridized carbons (Fsp3) is 0.154. The molecular weight excluding hydrogens is 443 g/mol. The van der Waals surface area contributed by atoms with E-state index in [4.69, 9.17) is 4.74 Å². The fourth-order valence-corrected chi connectivity index (χ4v) is 3.49. The van der Waals surface area contributed by atoms with Crippen LogP contribution in [-0.2, 0) is 12.6 Å². The molecule has 0 spiro atoms. The number of ether oxygens (including phenoxy) is 1. The SMILES string of the molecule is COc1ccc(CCNC(=O)c2ccc(-c3cc(-c4cccc(C(F)(F)F)c4)[nH]n3)cc2)cc1. The van der Waals surface area contributed by atoms with Crippen LogP contribution in [0.1, 0.15) is 21.5 Å². The largest absolute Gasteiger partial charge is 0.497 e. The number of methoxy groups -OCH3 is 1. The highest BCUT2D eigenvalue weighted by Gasteiger charge is 2.30. The number of benzene rings is 3. The van der Waals surface area contributed by atoms with Crippen LogP contribution in [-0.4, -0.2) is 29.8 Å². The molecule has 0 saturated heterocycles. The molecular formula is C26H22F3N3O2. The number of hydrogen-bond acceptors (Lipinski definition) is 3. The summed E-state index contributed by atoms with van der Waals surface area (Å²) in [5, 5.41) is 9.89. The molecule has 0 atom stereocenters. The second-order valence-corrected chi connectivity index (χ2v) is 7.68. The Morgan fingerprint density at radius 2 is 1.71 bits per heavy atom. The number of aromatic amines is 1. The number of carbonyl (C=O) groups is 1. The zero-order valence-electron chi connectivity index (χ0n) is 18.3. The molecule has 8 heteroatoms. The van der Waals surface area contributed by atoms with Gasteiger partial charge in [-0.05, 0) is 54.4 Å². The fourth-order valence-electron chi connectivity index (χ4n) is 3.49. The van der Waals surface area contributed by atoms with Crippen LogP contribution in [0.25, 0.3) is 22.5 Å². The van der Waals surface area contributed by atoms with Crippen molar-refractivity contribution in [3.8, 4) is 28.3 Å². The van der Waals surface area contributed by atoms with Crippen molar-refractivity contribution in [3.05, 3.63) is 95.6 Å². The molecule has 0 radical (unpaired) electrons. The lowest BCUT2D eigenvalue weighted by Gasteiger charge is -2.07. The highest BCUT2D eigenvalue weighted by molar-refractivity contribution is 5.94. The second-order valence-electron chi connectivity index (χ2n) is 7.68. The standard InChI is InChI=1S/C26H22F3N3O2/c1-34-22-11-5-17(6-12-22)13-14-30-25(33)19-9-7-18(8-10-19)23-16-24(32-31-23)20-3-2-4-21(15-20)26(27,28)29/h2-12,15-16H,13-14H2,1H3,(H,30,33)(H,31,32). The lowest BCUT2D eigenvalue weighted by molar-refractivity contribution is -0.137. The summed E-state index contributed by atoms with van der Waals surface area (Å²) in [6.45, 7) is 0.493. The van der Waals surface area contributed by atoms with Crippen molar-refractivity contribution >= 4 is 5.91 Å². The van der Waals surface area contributed by atoms with Crippen molar-refractivity contribution in [3.63, 3.8) is 0 Å². The predicted molar refractivity (Wildman–Crippen MR) is 123 cm³/mol. The summed E-state index contributed by atoms with van der Waals surface area (Å²) in [5.41, 5.74) is 3.05. The number of H-pyrrole nitrogens is 1. The van der Waals surface area contributed by atoms with Gasteiger partial charge in [-0.2, -0.15) is 18.3 Å². The molecule has 174 valence electrons. The van der Waals surface area contributed by atoms with Gasteiger partial charge in [-0.3, -0.25) is 9.89 Å². The highest BCUT2D eigenvalue weighted by Crippen LogP contribution is 2.32. The van der Waals surface area contributed by atoms with Gasteiger partial charge in [-0.1, -0.05) is 36.4 Å². The normalized spacial score (nSPS) is 11.3. The smallest absolute Gasteiger partial charge is 0.416 e. The van der Waals surface area contributed by atoms with Crippen LogP contribution in [0.4, 0.5) is 13.2 Å². The summed E-state index contributed by atoms with van der Waals surface area (Å²) in [6.07, 6.45) is -3.72. The first kappa shape index (κ1) is 23.1. The van der Waals surface area contributed by atoms with E-state index in [1.54, 1.807) is 43.5 Å². The number of aromatic nitrogens is 2. The molecule has 1 heterocycles. The van der Waals surface area contributed by atoms with E-state index in [2.05, 4.69) is 15.5 Å². The number of alkyl halides is 3. The van der Waals surface area contributed by atoms with Crippen LogP contribution in [0.2, 0.25) is 0 Å². The maximum absolute atomic E-state index is 13.0. The number of nitrogens with one attached hydrogen (secondary N) is 2. The number of amides is 1. The van der Waals surface area contributed by atoms with Crippen molar-refractivity contribution in [1.82, 2.24) is 15.5 Å². The molecule has 5 nitrogen and oxygen atoms in total. The second kappa shape index (κ2) is 9.82. The van der Waals surface area contributed by atoms with Crippen molar-refractivity contribution in [1.29, 1.82) is 0 Å². The minimum Gasteiger partial charge on any atom is -0.497 e. The maximum atomic E-state index is 13.0. The summed E-state index contributed by atoms with van der Waals surface area (Å²) in [4.78, 5) is 12.4. The van der Waals surface area contributed by atoms with Gasteiger partial charge >= 0.3 is 6.18 Å². The predicted octanol–water partition coefficient (Wildman–Crippen LogP) is 5.74. The summed E-state index contributed by atoms with van der Waals surface area (Å²) < 4.78 is 44.1. The Morgan fingerprint density at radius 1 is 0.971 bits per heavy atom. The van der Waals surface area contributed by atoms with Crippen LogP contribution < -0.4 is 10.1 Å². The Bertz CT molecular complexity index is 1260. The summed E-state index contributed by atoms with van der Waals surface area (Å²) in [7, 11) is 1.61. The van der Waals surface area contributed by atoms with Gasteiger partial charge in [0.1, 0.15) is 5.75 Å². The minimum atomic E-state index is -4.41. The summed E-state index contributed by atoms with van der Waals surface area (Å²) in [5.74, 6) is 0.596. The molecule has 1 aromatic heterocycles. The van der Waals surface area contributed by atoms with Crippen LogP contribution in [0, 0.1) is 0 Å². The van der Waals surface area contributed by atoms with Crippen molar-refractivity contribution in [2.45, 2.75) is 12.6 Å². The van der Waals surface area contributed by atoms with Crippen molar-refractivity contribution < 1.29 is 22.7 Å². The first-order valence-electron chi connectivity index (χ1n) is 10.6. The Morgan fingerprint density at radius 3 is 2.38 bits per heavy atom. The molecule has 2 N–H and O–H groups in total. The minimum absolute atomic E-state index is 0.188. The molecule has 0 aliphatic rings. The van der Waals surface area contributed by atoms with E-state index in [0.29, 0.717) is 35.5 Å². The first-order valence-corrected chi connectivity index (χ1v) is 10.6. The number of carbonyl (C=O) groups excluding carboxylic acids is 1. The zero-order valence-corrected chi connectivity index (χ0v) is 18.3. The molecule has 0 bridgehead atoms. The number of nitrogens with zero attached hydrogens (tertiary/aromatic N) is 1. The Balaban J connectivity index is 1.38. The van der Waals surface area contributed by atoms with E-state index in [0.717, 1.165) is 29.0 Å². The molecule has 3 aromatic carbocycles. The van der Waals surface area contributed by atoms with Gasteiger partial charge in [0.15, 0.2) is 0 Å². The van der Waals surface area contributed by atoms with E-state index in [-0.39, 0.29) is 5.91 Å². The molecule has 0 fully saturated rings. The number of halogens is 3. The average molecular weight is 465 g/mol. The lowest BCUT2D eigenvalue weighted by atomic mass is 10.1. The third-order valence-electron chi connectivity index (χ3n) is 5.38. The maximum Gasteiger partial charge on any atom is 0.416 e. The van der Waals surface area contributed by atoms with Crippen LogP contribution in [0.15, 0.2) is 78.9 Å². The third kappa shape index (κ3) is 5.46. The zero-order chi connectivity index (χ0) is 24.1. The molecule has 4 aromatic rings. The Hall–Kier alpha value is -4.07. The molecule has 0 saturated carbocycles. The number of rotatable bonds is 7. The van der Waals surface area contributed by atoms with Gasteiger partial charge in [-0.15, -0.1) is 0 Å². The van der Waals surface area contributed by atoms with Crippen LogP contribution in [0.3, 0.4) is 0 Å². The van der Waals surface area contributed by atoms with Gasteiger partial charge in [0.25, 0.3) is 5.91 Å². The van der Waals surface area contributed by atoms with Crippen molar-refractivity contribution in [2.24, 2.45) is 0 Å². The molecule has 1 amide bonds. The molecule has 0 aliphatic heterocycles. The van der Waals surface area contributed by atoms with Gasteiger partial charge in [-0.25, -0.2) is 0 Å². The van der Waals surface area contributed by atoms with E-state index in [9.17, 15) is 18.0 Å². The molecule has 34 heavy (non-hydrogen) atoms. The van der Waals surface area contributed by atoms with E-state index in [1.807, 2.05) is 24.3 Å². The topological polar surface area (TPSA) is 67.0 Å². The van der Waals surface area contributed by atoms with E-state index in [1.165, 1.54) is 6.07 Å². The van der Waals surface area contributed by atoms with E-state index < -0.39 is 11.7 Å². The van der Waals surface area contributed by atoms with Gasteiger partial charge < -0.3 is 10.1 Å². The van der Waals surface area contributed by atoms with Gasteiger partial charge in [0.05, 0.1) is 24.1 Å². The lowest BCUT2D eigenvalue weighted by Crippen LogP contribution is -2.25. The quantitative estimate of drug-likeness (QED) is 0.366. The highest BCUT2D eigenvalue weighted by atomic mass is 19.4. The average Bonchev–Trinajstić information content (AvgIpc) is 3.34. The third-order valence-corrected chi connectivity index (χ3v) is 5.38. The van der Waals surface area contributed by atoms with Gasteiger partial charge in [0.2, 0.25) is 0 Å². The van der Waals surface area contributed by atoms with Crippen LogP contribution >= 0.6 is 0 Å². The summed E-state index contributed by atoms with van der Waals surface area (Å²) >= 11 is 0. The summed E-state index contributed by atoms with van der Waals surface area (Å²) in [6, 6.07) is 21.3. The number of hydrogen-bond donors (Lipinski definition) is 2. The van der Waals surface area contributed by atoms with E-state index >= 15 is 0 Å². The van der Waals surface area contributed by atoms with Crippen molar-refractivity contribution in [2.75, 3.05) is 13.7 Å². The Kier molecular flexibility index (Phi) is 6.67. The molecule has 0 aliphatic carbocycles. The van der Waals surface area contributed by atoms with Gasteiger partial charge in [0, 0.05) is 23.2 Å². The van der Waals surface area contributed by atoms with Crippen LogP contribution in [0.5, 0.6) is 5.75 Å². The first-order chi connectivity index (χ1) is 16.3. The molecule has 0 unspecified atom stereocenters. The Labute approximate surface area is 194 Å². The molecule has 4 rings (SSSR count).